The fraction of sp³-hybridized carbons (Fsp3) is 0.647. The molecule has 1 aromatic rings. The highest BCUT2D eigenvalue weighted by Crippen LogP contribution is 2.23. The van der Waals surface area contributed by atoms with E-state index in [1.807, 2.05) is 6.92 Å². The molecule has 19 heavy (non-hydrogen) atoms. The molecular formula is C17H27NO. The predicted octanol–water partition coefficient (Wildman–Crippen LogP) is 3.37. The fourth-order valence-electron chi connectivity index (χ4n) is 3.08. The van der Waals surface area contributed by atoms with Crippen LogP contribution in [0.25, 0.3) is 0 Å². The standard InChI is InChI=1S/C17H27NO/c1-14-5-3-6-17(11-14)13-18-10-4-7-16(12-18)9-8-15(2)19/h3,5-6,11,15-16,19H,4,7-10,12-13H2,1-2H3. The fourth-order valence-corrected chi connectivity index (χ4v) is 3.08. The van der Waals surface area contributed by atoms with Crippen LogP contribution < -0.4 is 0 Å². The van der Waals surface area contributed by atoms with Crippen molar-refractivity contribution in [1.82, 2.24) is 4.90 Å². The first-order chi connectivity index (χ1) is 9.13. The molecule has 2 nitrogen and oxygen atoms in total. The second-order valence-corrected chi connectivity index (χ2v) is 6.16. The van der Waals surface area contributed by atoms with Gasteiger partial charge in [-0.3, -0.25) is 4.90 Å². The molecule has 106 valence electrons. The van der Waals surface area contributed by atoms with Crippen LogP contribution in [0.5, 0.6) is 0 Å². The number of piperidine rings is 1. The Morgan fingerprint density at radius 3 is 3.00 bits per heavy atom. The maximum Gasteiger partial charge on any atom is 0.0512 e. The predicted molar refractivity (Wildman–Crippen MR) is 80.1 cm³/mol. The second-order valence-electron chi connectivity index (χ2n) is 6.16. The Morgan fingerprint density at radius 1 is 1.42 bits per heavy atom. The smallest absolute Gasteiger partial charge is 0.0512 e. The van der Waals surface area contributed by atoms with Gasteiger partial charge in [-0.15, -0.1) is 0 Å². The van der Waals surface area contributed by atoms with E-state index in [9.17, 15) is 5.11 Å². The van der Waals surface area contributed by atoms with E-state index in [2.05, 4.69) is 36.1 Å². The van der Waals surface area contributed by atoms with Gasteiger partial charge >= 0.3 is 0 Å². The van der Waals surface area contributed by atoms with Crippen LogP contribution in [-0.4, -0.2) is 29.2 Å². The van der Waals surface area contributed by atoms with Gasteiger partial charge in [0.15, 0.2) is 0 Å². The van der Waals surface area contributed by atoms with Crippen molar-refractivity contribution >= 4 is 0 Å². The summed E-state index contributed by atoms with van der Waals surface area (Å²) in [6, 6.07) is 8.83. The number of likely N-dealkylation sites (tertiary alicyclic amines) is 1. The number of rotatable bonds is 5. The number of benzene rings is 1. The molecule has 1 aliphatic rings. The molecule has 2 unspecified atom stereocenters. The number of aryl methyl sites for hydroxylation is 1. The second kappa shape index (κ2) is 7.06. The molecule has 2 heteroatoms. The summed E-state index contributed by atoms with van der Waals surface area (Å²) in [5.41, 5.74) is 2.77. The lowest BCUT2D eigenvalue weighted by atomic mass is 9.92. The van der Waals surface area contributed by atoms with E-state index < -0.39 is 0 Å². The first kappa shape index (κ1) is 14.5. The van der Waals surface area contributed by atoms with Gasteiger partial charge in [-0.1, -0.05) is 29.8 Å². The summed E-state index contributed by atoms with van der Waals surface area (Å²) in [5.74, 6) is 0.771. The molecule has 1 aliphatic heterocycles. The van der Waals surface area contributed by atoms with Crippen molar-refractivity contribution in [1.29, 1.82) is 0 Å². The Bertz CT molecular complexity index is 389. The lowest BCUT2D eigenvalue weighted by molar-refractivity contribution is 0.133. The van der Waals surface area contributed by atoms with Crippen molar-refractivity contribution in [3.05, 3.63) is 35.4 Å². The highest BCUT2D eigenvalue weighted by atomic mass is 16.3. The lowest BCUT2D eigenvalue weighted by Gasteiger charge is -2.33. The summed E-state index contributed by atoms with van der Waals surface area (Å²) >= 11 is 0. The summed E-state index contributed by atoms with van der Waals surface area (Å²) in [6.45, 7) is 7.55. The average molecular weight is 261 g/mol. The van der Waals surface area contributed by atoms with Gasteiger partial charge in [0.2, 0.25) is 0 Å². The molecule has 0 spiro atoms. The van der Waals surface area contributed by atoms with Crippen LogP contribution in [0, 0.1) is 12.8 Å². The third kappa shape index (κ3) is 4.96. The zero-order valence-corrected chi connectivity index (χ0v) is 12.3. The molecule has 0 saturated carbocycles. The van der Waals surface area contributed by atoms with Crippen molar-refractivity contribution in [2.45, 2.75) is 52.2 Å². The zero-order valence-electron chi connectivity index (χ0n) is 12.3. The summed E-state index contributed by atoms with van der Waals surface area (Å²) in [7, 11) is 0. The highest BCUT2D eigenvalue weighted by Gasteiger charge is 2.20. The molecule has 1 N–H and O–H groups in total. The van der Waals surface area contributed by atoms with Crippen LogP contribution in [0.1, 0.15) is 43.7 Å². The molecule has 2 rings (SSSR count). The van der Waals surface area contributed by atoms with Gasteiger partial charge in [0.1, 0.15) is 0 Å². The number of aliphatic hydroxyl groups excluding tert-OH is 1. The largest absolute Gasteiger partial charge is 0.393 e. The van der Waals surface area contributed by atoms with Crippen molar-refractivity contribution < 1.29 is 5.11 Å². The Labute approximate surface area is 117 Å². The minimum Gasteiger partial charge on any atom is -0.393 e. The molecule has 0 bridgehead atoms. The van der Waals surface area contributed by atoms with E-state index in [0.29, 0.717) is 0 Å². The lowest BCUT2D eigenvalue weighted by Crippen LogP contribution is -2.35. The Morgan fingerprint density at radius 2 is 2.26 bits per heavy atom. The van der Waals surface area contributed by atoms with Crippen LogP contribution >= 0.6 is 0 Å². The van der Waals surface area contributed by atoms with E-state index in [1.54, 1.807) is 0 Å². The van der Waals surface area contributed by atoms with Gasteiger partial charge in [0.25, 0.3) is 0 Å². The maximum absolute atomic E-state index is 9.40. The first-order valence-electron chi connectivity index (χ1n) is 7.59. The van der Waals surface area contributed by atoms with Crippen molar-refractivity contribution in [3.63, 3.8) is 0 Å². The maximum atomic E-state index is 9.40. The van der Waals surface area contributed by atoms with E-state index in [-0.39, 0.29) is 6.10 Å². The number of aliphatic hydroxyl groups is 1. The first-order valence-corrected chi connectivity index (χ1v) is 7.59. The summed E-state index contributed by atoms with van der Waals surface area (Å²) in [4.78, 5) is 2.57. The number of hydrogen-bond donors (Lipinski definition) is 1. The van der Waals surface area contributed by atoms with Gasteiger partial charge in [-0.25, -0.2) is 0 Å². The average Bonchev–Trinajstić information content (AvgIpc) is 2.37. The Balaban J connectivity index is 1.83. The third-order valence-corrected chi connectivity index (χ3v) is 4.08. The van der Waals surface area contributed by atoms with Gasteiger partial charge in [0, 0.05) is 13.1 Å². The Kier molecular flexibility index (Phi) is 5.41. The molecule has 1 saturated heterocycles. The summed E-state index contributed by atoms with van der Waals surface area (Å²) in [6.07, 6.45) is 4.60. The van der Waals surface area contributed by atoms with E-state index in [1.165, 1.54) is 43.5 Å². The monoisotopic (exact) mass is 261 g/mol. The Hall–Kier alpha value is -0.860. The van der Waals surface area contributed by atoms with Crippen LogP contribution in [0.4, 0.5) is 0 Å². The molecule has 0 aliphatic carbocycles. The topological polar surface area (TPSA) is 23.5 Å². The minimum absolute atomic E-state index is 0.146. The van der Waals surface area contributed by atoms with Crippen molar-refractivity contribution in [2.75, 3.05) is 13.1 Å². The van der Waals surface area contributed by atoms with E-state index >= 15 is 0 Å². The van der Waals surface area contributed by atoms with Crippen LogP contribution in [0.3, 0.4) is 0 Å². The third-order valence-electron chi connectivity index (χ3n) is 4.08. The van der Waals surface area contributed by atoms with Crippen LogP contribution in [-0.2, 0) is 6.54 Å². The zero-order chi connectivity index (χ0) is 13.7. The molecule has 0 radical (unpaired) electrons. The number of hydrogen-bond acceptors (Lipinski definition) is 2. The summed E-state index contributed by atoms with van der Waals surface area (Å²) in [5, 5.41) is 9.40. The minimum atomic E-state index is -0.146. The van der Waals surface area contributed by atoms with Crippen molar-refractivity contribution in [3.8, 4) is 0 Å². The molecule has 0 aromatic heterocycles. The highest BCUT2D eigenvalue weighted by molar-refractivity contribution is 5.22. The van der Waals surface area contributed by atoms with Gasteiger partial charge in [0.05, 0.1) is 6.10 Å². The van der Waals surface area contributed by atoms with Gasteiger partial charge in [-0.2, -0.15) is 0 Å². The van der Waals surface area contributed by atoms with Gasteiger partial charge in [-0.05, 0) is 57.6 Å². The SMILES string of the molecule is Cc1cccc(CN2CCCC(CCC(C)O)C2)c1. The quantitative estimate of drug-likeness (QED) is 0.878. The van der Waals surface area contributed by atoms with Gasteiger partial charge < -0.3 is 5.11 Å². The molecule has 0 amide bonds. The number of nitrogens with zero attached hydrogens (tertiary/aromatic N) is 1. The van der Waals surface area contributed by atoms with Crippen LogP contribution in [0.15, 0.2) is 24.3 Å². The summed E-state index contributed by atoms with van der Waals surface area (Å²) < 4.78 is 0. The van der Waals surface area contributed by atoms with Crippen molar-refractivity contribution in [2.24, 2.45) is 5.92 Å². The molecule has 2 atom stereocenters. The molecule has 1 fully saturated rings. The van der Waals surface area contributed by atoms with E-state index in [4.69, 9.17) is 0 Å². The van der Waals surface area contributed by atoms with Crippen LogP contribution in [0.2, 0.25) is 0 Å². The normalized spacial score (nSPS) is 22.4. The molecule has 1 heterocycles. The molecular weight excluding hydrogens is 234 g/mol. The molecule has 1 aromatic carbocycles. The van der Waals surface area contributed by atoms with E-state index in [0.717, 1.165) is 18.9 Å².